The van der Waals surface area contributed by atoms with Crippen LogP contribution in [-0.4, -0.2) is 7.11 Å². The van der Waals surface area contributed by atoms with E-state index >= 15 is 0 Å². The highest BCUT2D eigenvalue weighted by atomic mass is 79.9. The molecule has 0 spiro atoms. The molecule has 2 rings (SSSR count). The molecule has 18 heavy (non-hydrogen) atoms. The van der Waals surface area contributed by atoms with Crippen molar-refractivity contribution in [2.45, 2.75) is 6.61 Å². The third kappa shape index (κ3) is 3.01. The number of hydrogen-bond acceptors (Lipinski definition) is 2. The minimum Gasteiger partial charge on any atom is -0.497 e. The first-order chi connectivity index (χ1) is 8.70. The van der Waals surface area contributed by atoms with E-state index in [1.165, 1.54) is 13.2 Å². The first-order valence-electron chi connectivity index (χ1n) is 5.40. The second kappa shape index (κ2) is 5.87. The summed E-state index contributed by atoms with van der Waals surface area (Å²) in [4.78, 5) is 0. The lowest BCUT2D eigenvalue weighted by Crippen LogP contribution is -1.99. The number of ether oxygens (including phenoxy) is 2. The molecule has 0 radical (unpaired) electrons. The quantitative estimate of drug-likeness (QED) is 0.843. The Hall–Kier alpha value is -1.55. The van der Waals surface area contributed by atoms with Crippen LogP contribution in [0.4, 0.5) is 4.39 Å². The fourth-order valence-corrected chi connectivity index (χ4v) is 1.89. The number of rotatable bonds is 4. The Morgan fingerprint density at radius 3 is 2.61 bits per heavy atom. The lowest BCUT2D eigenvalue weighted by atomic mass is 10.2. The Bertz CT molecular complexity index is 543. The topological polar surface area (TPSA) is 18.5 Å². The van der Waals surface area contributed by atoms with Crippen molar-refractivity contribution >= 4 is 15.9 Å². The predicted molar refractivity (Wildman–Crippen MR) is 71.4 cm³/mol. The van der Waals surface area contributed by atoms with E-state index in [-0.39, 0.29) is 12.4 Å². The summed E-state index contributed by atoms with van der Waals surface area (Å²) in [6, 6.07) is 12.2. The molecule has 0 saturated heterocycles. The SMILES string of the molecule is COc1ccc(COc2ccccc2Br)c(F)c1. The van der Waals surface area contributed by atoms with Crippen LogP contribution in [0.15, 0.2) is 46.9 Å². The van der Waals surface area contributed by atoms with E-state index in [9.17, 15) is 4.39 Å². The van der Waals surface area contributed by atoms with Gasteiger partial charge in [0.05, 0.1) is 11.6 Å². The fourth-order valence-electron chi connectivity index (χ4n) is 1.49. The lowest BCUT2D eigenvalue weighted by Gasteiger charge is -2.09. The van der Waals surface area contributed by atoms with E-state index in [2.05, 4.69) is 15.9 Å². The van der Waals surface area contributed by atoms with Crippen LogP contribution in [0.5, 0.6) is 11.5 Å². The number of hydrogen-bond donors (Lipinski definition) is 0. The van der Waals surface area contributed by atoms with Crippen LogP contribution in [0.2, 0.25) is 0 Å². The van der Waals surface area contributed by atoms with E-state index in [4.69, 9.17) is 9.47 Å². The maximum absolute atomic E-state index is 13.7. The van der Waals surface area contributed by atoms with Gasteiger partial charge < -0.3 is 9.47 Å². The molecule has 0 aliphatic carbocycles. The minimum absolute atomic E-state index is 0.179. The predicted octanol–water partition coefficient (Wildman–Crippen LogP) is 4.18. The van der Waals surface area contributed by atoms with Gasteiger partial charge in [-0.1, -0.05) is 12.1 Å². The summed E-state index contributed by atoms with van der Waals surface area (Å²) in [5.74, 6) is 0.853. The van der Waals surface area contributed by atoms with Crippen LogP contribution in [0.3, 0.4) is 0 Å². The third-order valence-corrected chi connectivity index (χ3v) is 3.14. The van der Waals surface area contributed by atoms with E-state index in [1.54, 1.807) is 12.1 Å². The molecule has 0 saturated carbocycles. The van der Waals surface area contributed by atoms with Gasteiger partial charge in [-0.3, -0.25) is 0 Å². The molecule has 2 nitrogen and oxygen atoms in total. The van der Waals surface area contributed by atoms with Gasteiger partial charge in [0.25, 0.3) is 0 Å². The van der Waals surface area contributed by atoms with Crippen LogP contribution in [0.25, 0.3) is 0 Å². The summed E-state index contributed by atoms with van der Waals surface area (Å²) in [6.07, 6.45) is 0. The highest BCUT2D eigenvalue weighted by Gasteiger charge is 2.06. The molecule has 0 bridgehead atoms. The number of benzene rings is 2. The Labute approximate surface area is 113 Å². The molecular formula is C14H12BrFO2. The van der Waals surface area contributed by atoms with Crippen molar-refractivity contribution in [1.82, 2.24) is 0 Å². The maximum Gasteiger partial charge on any atom is 0.133 e. The number of halogens is 2. The molecule has 0 unspecified atom stereocenters. The molecule has 2 aromatic carbocycles. The van der Waals surface area contributed by atoms with Crippen molar-refractivity contribution in [3.05, 3.63) is 58.3 Å². The van der Waals surface area contributed by atoms with Gasteiger partial charge in [-0.25, -0.2) is 4.39 Å². The monoisotopic (exact) mass is 310 g/mol. The molecule has 0 amide bonds. The van der Waals surface area contributed by atoms with Crippen LogP contribution in [-0.2, 0) is 6.61 Å². The molecule has 0 aliphatic heterocycles. The van der Waals surface area contributed by atoms with Crippen molar-refractivity contribution in [3.63, 3.8) is 0 Å². The number of methoxy groups -OCH3 is 1. The maximum atomic E-state index is 13.7. The van der Waals surface area contributed by atoms with Crippen LogP contribution < -0.4 is 9.47 Å². The summed E-state index contributed by atoms with van der Waals surface area (Å²) in [6.45, 7) is 0.179. The molecule has 94 valence electrons. The standard InChI is InChI=1S/C14H12BrFO2/c1-17-11-7-6-10(13(16)8-11)9-18-14-5-3-2-4-12(14)15/h2-8H,9H2,1H3. The van der Waals surface area contributed by atoms with Crippen molar-refractivity contribution in [3.8, 4) is 11.5 Å². The Balaban J connectivity index is 2.09. The smallest absolute Gasteiger partial charge is 0.133 e. The van der Waals surface area contributed by atoms with Crippen LogP contribution >= 0.6 is 15.9 Å². The van der Waals surface area contributed by atoms with Gasteiger partial charge in [0, 0.05) is 11.6 Å². The largest absolute Gasteiger partial charge is 0.497 e. The zero-order valence-corrected chi connectivity index (χ0v) is 11.4. The van der Waals surface area contributed by atoms with Crippen molar-refractivity contribution in [2.75, 3.05) is 7.11 Å². The molecule has 0 N–H and O–H groups in total. The van der Waals surface area contributed by atoms with Gasteiger partial charge in [-0.2, -0.15) is 0 Å². The molecular weight excluding hydrogens is 299 g/mol. The average molecular weight is 311 g/mol. The molecule has 2 aromatic rings. The Morgan fingerprint density at radius 1 is 1.17 bits per heavy atom. The van der Waals surface area contributed by atoms with Crippen molar-refractivity contribution < 1.29 is 13.9 Å². The zero-order valence-electron chi connectivity index (χ0n) is 9.82. The summed E-state index contributed by atoms with van der Waals surface area (Å²) in [5.41, 5.74) is 0.492. The average Bonchev–Trinajstić information content (AvgIpc) is 2.39. The second-order valence-electron chi connectivity index (χ2n) is 3.68. The number of para-hydroxylation sites is 1. The van der Waals surface area contributed by atoms with Gasteiger partial charge in [0.15, 0.2) is 0 Å². The highest BCUT2D eigenvalue weighted by Crippen LogP contribution is 2.25. The van der Waals surface area contributed by atoms with E-state index in [0.29, 0.717) is 17.1 Å². The van der Waals surface area contributed by atoms with Gasteiger partial charge in [0.1, 0.15) is 23.9 Å². The Kier molecular flexibility index (Phi) is 4.20. The van der Waals surface area contributed by atoms with Crippen LogP contribution in [0, 0.1) is 5.82 Å². The highest BCUT2D eigenvalue weighted by molar-refractivity contribution is 9.10. The molecule has 0 atom stereocenters. The van der Waals surface area contributed by atoms with Gasteiger partial charge in [-0.15, -0.1) is 0 Å². The van der Waals surface area contributed by atoms with Crippen molar-refractivity contribution in [2.24, 2.45) is 0 Å². The summed E-state index contributed by atoms with van der Waals surface area (Å²) < 4.78 is 25.0. The molecule has 0 aromatic heterocycles. The van der Waals surface area contributed by atoms with Gasteiger partial charge in [0.2, 0.25) is 0 Å². The molecule has 0 aliphatic rings. The minimum atomic E-state index is -0.332. The van der Waals surface area contributed by atoms with E-state index < -0.39 is 0 Å². The summed E-state index contributed by atoms with van der Waals surface area (Å²) >= 11 is 3.37. The normalized spacial score (nSPS) is 10.2. The zero-order chi connectivity index (χ0) is 13.0. The van der Waals surface area contributed by atoms with Gasteiger partial charge >= 0.3 is 0 Å². The van der Waals surface area contributed by atoms with E-state index in [0.717, 1.165) is 4.47 Å². The van der Waals surface area contributed by atoms with Crippen molar-refractivity contribution in [1.29, 1.82) is 0 Å². The first kappa shape index (κ1) is 12.9. The third-order valence-electron chi connectivity index (χ3n) is 2.48. The van der Waals surface area contributed by atoms with Crippen LogP contribution in [0.1, 0.15) is 5.56 Å². The van der Waals surface area contributed by atoms with Gasteiger partial charge in [-0.05, 0) is 40.2 Å². The molecule has 0 heterocycles. The molecule has 4 heteroatoms. The summed E-state index contributed by atoms with van der Waals surface area (Å²) in [7, 11) is 1.51. The second-order valence-corrected chi connectivity index (χ2v) is 4.53. The molecule has 0 fully saturated rings. The Morgan fingerprint density at radius 2 is 1.94 bits per heavy atom. The summed E-state index contributed by atoms with van der Waals surface area (Å²) in [5, 5.41) is 0. The lowest BCUT2D eigenvalue weighted by molar-refractivity contribution is 0.297. The first-order valence-corrected chi connectivity index (χ1v) is 6.20. The fraction of sp³-hybridized carbons (Fsp3) is 0.143. The van der Waals surface area contributed by atoms with E-state index in [1.807, 2.05) is 24.3 Å².